The maximum Gasteiger partial charge on any atom is 0.417 e. The molecule has 1 N–H and O–H groups in total. The van der Waals surface area contributed by atoms with E-state index in [0.717, 1.165) is 12.3 Å². The molecule has 0 atom stereocenters. The van der Waals surface area contributed by atoms with Gasteiger partial charge in [0, 0.05) is 11.6 Å². The van der Waals surface area contributed by atoms with Crippen molar-refractivity contribution in [3.63, 3.8) is 0 Å². The number of hydrogen-bond acceptors (Lipinski definition) is 2. The Kier molecular flexibility index (Phi) is 3.50. The van der Waals surface area contributed by atoms with Crippen molar-refractivity contribution in [3.8, 4) is 0 Å². The summed E-state index contributed by atoms with van der Waals surface area (Å²) in [5.41, 5.74) is -0.218. The summed E-state index contributed by atoms with van der Waals surface area (Å²) in [4.78, 5) is 4.28. The number of aliphatic hydroxyl groups excluding tert-OH is 1. The summed E-state index contributed by atoms with van der Waals surface area (Å²) in [6.45, 7) is 5.19. The summed E-state index contributed by atoms with van der Waals surface area (Å²) in [7, 11) is 0. The lowest BCUT2D eigenvalue weighted by atomic mass is 9.91. The van der Waals surface area contributed by atoms with Crippen LogP contribution >= 0.6 is 11.6 Å². The normalized spacial score (nSPS) is 13.2. The molecule has 0 aliphatic rings. The molecule has 0 saturated carbocycles. The van der Waals surface area contributed by atoms with E-state index in [1.165, 1.54) is 4.40 Å². The number of halogens is 4. The molecule has 0 aromatic carbocycles. The Hall–Kier alpha value is -1.27. The van der Waals surface area contributed by atoms with E-state index >= 15 is 0 Å². The maximum atomic E-state index is 12.8. The molecule has 0 radical (unpaired) electrons. The Balaban J connectivity index is 2.83. The minimum absolute atomic E-state index is 0.0926. The third-order valence-electron chi connectivity index (χ3n) is 2.96. The van der Waals surface area contributed by atoms with Gasteiger partial charge >= 0.3 is 6.18 Å². The fraction of sp³-hybridized carbons (Fsp3) is 0.462. The van der Waals surface area contributed by atoms with E-state index in [9.17, 15) is 18.3 Å². The lowest BCUT2D eigenvalue weighted by Gasteiger charge is -2.17. The van der Waals surface area contributed by atoms with Gasteiger partial charge in [0.15, 0.2) is 5.65 Å². The molecule has 2 aromatic rings. The fourth-order valence-corrected chi connectivity index (χ4v) is 2.31. The molecular weight excluding hydrogens is 293 g/mol. The summed E-state index contributed by atoms with van der Waals surface area (Å²) in [6.07, 6.45) is -3.59. The zero-order valence-corrected chi connectivity index (χ0v) is 12.0. The summed E-state index contributed by atoms with van der Waals surface area (Å²) in [6, 6.07) is 0.845. The SMILES string of the molecule is CC(C)(C)c1nc2c(Cl)cc(C(F)(F)F)cn2c1CO. The van der Waals surface area contributed by atoms with Crippen molar-refractivity contribution >= 4 is 17.2 Å². The molecule has 110 valence electrons. The van der Waals surface area contributed by atoms with Crippen LogP contribution in [0.4, 0.5) is 13.2 Å². The van der Waals surface area contributed by atoms with Crippen LogP contribution in [0.5, 0.6) is 0 Å². The van der Waals surface area contributed by atoms with Gasteiger partial charge in [-0.05, 0) is 6.07 Å². The van der Waals surface area contributed by atoms with Crippen LogP contribution in [-0.4, -0.2) is 14.5 Å². The van der Waals surface area contributed by atoms with Crippen LogP contribution in [-0.2, 0) is 18.2 Å². The predicted molar refractivity (Wildman–Crippen MR) is 69.8 cm³/mol. The van der Waals surface area contributed by atoms with E-state index in [1.54, 1.807) is 0 Å². The van der Waals surface area contributed by atoms with E-state index in [-0.39, 0.29) is 10.7 Å². The molecule has 0 unspecified atom stereocenters. The Bertz CT molecular complexity index is 656. The fourth-order valence-electron chi connectivity index (χ4n) is 2.06. The molecule has 7 heteroatoms. The highest BCUT2D eigenvalue weighted by Crippen LogP contribution is 2.34. The zero-order chi connectivity index (χ0) is 15.3. The zero-order valence-electron chi connectivity index (χ0n) is 11.2. The number of aliphatic hydroxyl groups is 1. The van der Waals surface area contributed by atoms with E-state index < -0.39 is 23.8 Å². The first-order valence-corrected chi connectivity index (χ1v) is 6.32. The van der Waals surface area contributed by atoms with Crippen molar-refractivity contribution in [3.05, 3.63) is 34.2 Å². The topological polar surface area (TPSA) is 37.5 Å². The van der Waals surface area contributed by atoms with Crippen molar-refractivity contribution in [2.75, 3.05) is 0 Å². The van der Waals surface area contributed by atoms with E-state index in [1.807, 2.05) is 20.8 Å². The molecule has 2 rings (SSSR count). The highest BCUT2D eigenvalue weighted by molar-refractivity contribution is 6.33. The number of hydrogen-bond donors (Lipinski definition) is 1. The van der Waals surface area contributed by atoms with Gasteiger partial charge in [-0.25, -0.2) is 4.98 Å². The third-order valence-corrected chi connectivity index (χ3v) is 3.24. The minimum Gasteiger partial charge on any atom is -0.390 e. The second-order valence-corrected chi connectivity index (χ2v) is 5.99. The molecule has 3 nitrogen and oxygen atoms in total. The van der Waals surface area contributed by atoms with Gasteiger partial charge in [-0.2, -0.15) is 13.2 Å². The Morgan fingerprint density at radius 1 is 1.30 bits per heavy atom. The van der Waals surface area contributed by atoms with Crippen molar-refractivity contribution < 1.29 is 18.3 Å². The number of pyridine rings is 1. The summed E-state index contributed by atoms with van der Waals surface area (Å²) in [5, 5.41) is 9.38. The van der Waals surface area contributed by atoms with Gasteiger partial charge in [-0.1, -0.05) is 32.4 Å². The van der Waals surface area contributed by atoms with E-state index in [0.29, 0.717) is 11.4 Å². The lowest BCUT2D eigenvalue weighted by Crippen LogP contribution is -2.15. The first kappa shape index (κ1) is 15.1. The monoisotopic (exact) mass is 306 g/mol. The maximum absolute atomic E-state index is 12.8. The number of alkyl halides is 3. The number of aromatic nitrogens is 2. The number of fused-ring (bicyclic) bond motifs is 1. The molecule has 20 heavy (non-hydrogen) atoms. The van der Waals surface area contributed by atoms with Crippen LogP contribution < -0.4 is 0 Å². The molecule has 0 spiro atoms. The number of rotatable bonds is 1. The lowest BCUT2D eigenvalue weighted by molar-refractivity contribution is -0.137. The van der Waals surface area contributed by atoms with Crippen molar-refractivity contribution in [2.24, 2.45) is 0 Å². The van der Waals surface area contributed by atoms with Crippen LogP contribution in [0.25, 0.3) is 5.65 Å². The molecule has 0 aliphatic carbocycles. The summed E-state index contributed by atoms with van der Waals surface area (Å²) >= 11 is 5.90. The molecule has 0 bridgehead atoms. The Morgan fingerprint density at radius 3 is 2.35 bits per heavy atom. The number of imidazole rings is 1. The average molecular weight is 307 g/mol. The second-order valence-electron chi connectivity index (χ2n) is 5.58. The predicted octanol–water partition coefficient (Wildman–Crippen LogP) is 3.80. The number of nitrogens with zero attached hydrogens (tertiary/aromatic N) is 2. The van der Waals surface area contributed by atoms with Gasteiger partial charge in [-0.15, -0.1) is 0 Å². The van der Waals surface area contributed by atoms with Crippen LogP contribution in [0.15, 0.2) is 12.3 Å². The van der Waals surface area contributed by atoms with E-state index in [4.69, 9.17) is 11.6 Å². The molecule has 0 saturated heterocycles. The van der Waals surface area contributed by atoms with Crippen LogP contribution in [0.1, 0.15) is 37.7 Å². The standard InChI is InChI=1S/C13H14ClF3N2O/c1-12(2,3)10-9(6-20)19-5-7(13(15,16)17)4-8(14)11(19)18-10/h4-5,20H,6H2,1-3H3. The summed E-state index contributed by atoms with van der Waals surface area (Å²) < 4.78 is 39.7. The third kappa shape index (κ3) is 2.50. The highest BCUT2D eigenvalue weighted by Gasteiger charge is 2.33. The van der Waals surface area contributed by atoms with Gasteiger partial charge < -0.3 is 5.11 Å². The van der Waals surface area contributed by atoms with Gasteiger partial charge in [0.25, 0.3) is 0 Å². The average Bonchev–Trinajstić information content (AvgIpc) is 2.66. The van der Waals surface area contributed by atoms with Gasteiger partial charge in [0.1, 0.15) is 0 Å². The molecule has 0 fully saturated rings. The van der Waals surface area contributed by atoms with Gasteiger partial charge in [-0.3, -0.25) is 4.40 Å². The summed E-state index contributed by atoms with van der Waals surface area (Å²) in [5.74, 6) is 0. The van der Waals surface area contributed by atoms with Crippen molar-refractivity contribution in [2.45, 2.75) is 39.0 Å². The molecule has 0 aliphatic heterocycles. The molecular formula is C13H14ClF3N2O. The van der Waals surface area contributed by atoms with Gasteiger partial charge in [0.2, 0.25) is 0 Å². The van der Waals surface area contributed by atoms with Crippen molar-refractivity contribution in [1.82, 2.24) is 9.38 Å². The second kappa shape index (κ2) is 4.63. The largest absolute Gasteiger partial charge is 0.417 e. The quantitative estimate of drug-likeness (QED) is 0.870. The Morgan fingerprint density at radius 2 is 1.90 bits per heavy atom. The molecule has 0 amide bonds. The van der Waals surface area contributed by atoms with Crippen molar-refractivity contribution in [1.29, 1.82) is 0 Å². The Labute approximate surface area is 119 Å². The van der Waals surface area contributed by atoms with Gasteiger partial charge in [0.05, 0.1) is 28.6 Å². The smallest absolute Gasteiger partial charge is 0.390 e. The highest BCUT2D eigenvalue weighted by atomic mass is 35.5. The van der Waals surface area contributed by atoms with Crippen LogP contribution in [0.2, 0.25) is 5.02 Å². The first-order chi connectivity index (χ1) is 9.05. The first-order valence-electron chi connectivity index (χ1n) is 5.94. The van der Waals surface area contributed by atoms with Crippen LogP contribution in [0, 0.1) is 0 Å². The van der Waals surface area contributed by atoms with Crippen LogP contribution in [0.3, 0.4) is 0 Å². The molecule has 2 heterocycles. The van der Waals surface area contributed by atoms with E-state index in [2.05, 4.69) is 4.98 Å². The molecule has 2 aromatic heterocycles. The minimum atomic E-state index is -4.50.